The van der Waals surface area contributed by atoms with Gasteiger partial charge in [-0.1, -0.05) is 24.3 Å². The molecule has 0 unspecified atom stereocenters. The van der Waals surface area contributed by atoms with Crippen LogP contribution in [0.4, 0.5) is 16.2 Å². The predicted molar refractivity (Wildman–Crippen MR) is 120 cm³/mol. The summed E-state index contributed by atoms with van der Waals surface area (Å²) in [6.07, 6.45) is 1.39. The number of hydrogen-bond donors (Lipinski definition) is 1. The first-order valence-corrected chi connectivity index (χ1v) is 9.97. The van der Waals surface area contributed by atoms with Crippen molar-refractivity contribution in [2.75, 3.05) is 4.90 Å². The Kier molecular flexibility index (Phi) is 5.34. The smallest absolute Gasteiger partial charge is 0.273 e. The number of aryl methyl sites for hydroxylation is 2. The summed E-state index contributed by atoms with van der Waals surface area (Å²) in [7, 11) is 0. The molecule has 0 bridgehead atoms. The first kappa shape index (κ1) is 21.6. The topological polar surface area (TPSA) is 127 Å². The maximum absolute atomic E-state index is 13.2. The molecule has 1 saturated heterocycles. The Morgan fingerprint density at radius 3 is 2.45 bits per heavy atom. The number of benzene rings is 2. The van der Waals surface area contributed by atoms with E-state index in [0.29, 0.717) is 33.9 Å². The minimum absolute atomic E-state index is 0.0887. The highest BCUT2D eigenvalue weighted by atomic mass is 16.6. The molecule has 3 aromatic rings. The molecular weight excluding hydrogens is 426 g/mol. The Hall–Kier alpha value is -4.60. The number of barbiturate groups is 1. The van der Waals surface area contributed by atoms with E-state index in [1.54, 1.807) is 57.2 Å². The molecule has 1 fully saturated rings. The highest BCUT2D eigenvalue weighted by molar-refractivity contribution is 6.39. The van der Waals surface area contributed by atoms with E-state index in [1.165, 1.54) is 22.9 Å². The SMILES string of the molecule is Cc1ccccc1N1C(=O)NC(=O)/C(=C\c2c(C)nn(-c3cccc([N+](=O)[O-])c3)c2C)C1=O. The van der Waals surface area contributed by atoms with Crippen LogP contribution in [0.15, 0.2) is 54.1 Å². The van der Waals surface area contributed by atoms with Crippen molar-refractivity contribution in [3.05, 3.63) is 86.7 Å². The molecule has 0 radical (unpaired) electrons. The van der Waals surface area contributed by atoms with Crippen LogP contribution in [0.3, 0.4) is 0 Å². The van der Waals surface area contributed by atoms with E-state index in [2.05, 4.69) is 10.4 Å². The van der Waals surface area contributed by atoms with Crippen molar-refractivity contribution in [1.29, 1.82) is 0 Å². The second-order valence-electron chi connectivity index (χ2n) is 7.52. The van der Waals surface area contributed by atoms with Gasteiger partial charge < -0.3 is 0 Å². The summed E-state index contributed by atoms with van der Waals surface area (Å²) in [6.45, 7) is 5.18. The van der Waals surface area contributed by atoms with Gasteiger partial charge in [0, 0.05) is 23.4 Å². The number of para-hydroxylation sites is 1. The molecule has 0 aliphatic carbocycles. The average Bonchev–Trinajstić information content (AvgIpc) is 3.05. The van der Waals surface area contributed by atoms with Crippen LogP contribution in [0.5, 0.6) is 0 Å². The number of amides is 4. The number of aromatic nitrogens is 2. The average molecular weight is 445 g/mol. The lowest BCUT2D eigenvalue weighted by molar-refractivity contribution is -0.384. The summed E-state index contributed by atoms with van der Waals surface area (Å²) in [4.78, 5) is 49.8. The fourth-order valence-electron chi connectivity index (χ4n) is 3.69. The Balaban J connectivity index is 1.79. The number of non-ortho nitro benzene ring substituents is 1. The van der Waals surface area contributed by atoms with Gasteiger partial charge in [0.2, 0.25) is 0 Å². The van der Waals surface area contributed by atoms with Gasteiger partial charge >= 0.3 is 6.03 Å². The fraction of sp³-hybridized carbons (Fsp3) is 0.130. The van der Waals surface area contributed by atoms with Crippen molar-refractivity contribution < 1.29 is 19.3 Å². The van der Waals surface area contributed by atoms with Crippen LogP contribution in [-0.2, 0) is 9.59 Å². The third kappa shape index (κ3) is 3.78. The highest BCUT2D eigenvalue weighted by Gasteiger charge is 2.37. The zero-order valence-electron chi connectivity index (χ0n) is 18.0. The summed E-state index contributed by atoms with van der Waals surface area (Å²) < 4.78 is 1.50. The zero-order valence-corrected chi connectivity index (χ0v) is 18.0. The Morgan fingerprint density at radius 1 is 1.03 bits per heavy atom. The van der Waals surface area contributed by atoms with Gasteiger partial charge in [-0.25, -0.2) is 14.4 Å². The molecule has 1 aliphatic heterocycles. The molecule has 10 nitrogen and oxygen atoms in total. The van der Waals surface area contributed by atoms with Crippen molar-refractivity contribution in [3.8, 4) is 5.69 Å². The number of carbonyl (C=O) groups is 3. The van der Waals surface area contributed by atoms with Gasteiger partial charge in [-0.15, -0.1) is 0 Å². The van der Waals surface area contributed by atoms with Gasteiger partial charge in [-0.2, -0.15) is 5.10 Å². The van der Waals surface area contributed by atoms with E-state index < -0.39 is 22.8 Å². The molecular formula is C23H19N5O5. The Labute approximate surface area is 188 Å². The number of urea groups is 1. The van der Waals surface area contributed by atoms with E-state index in [0.717, 1.165) is 4.90 Å². The Bertz CT molecular complexity index is 1370. The quantitative estimate of drug-likeness (QED) is 0.284. The number of anilines is 1. The van der Waals surface area contributed by atoms with Crippen molar-refractivity contribution >= 4 is 35.3 Å². The van der Waals surface area contributed by atoms with Gasteiger partial charge in [0.25, 0.3) is 17.5 Å². The summed E-state index contributed by atoms with van der Waals surface area (Å²) in [5.74, 6) is -1.56. The summed E-state index contributed by atoms with van der Waals surface area (Å²) in [5, 5.41) is 17.8. The maximum atomic E-state index is 13.2. The molecule has 10 heteroatoms. The molecule has 1 N–H and O–H groups in total. The Morgan fingerprint density at radius 2 is 1.76 bits per heavy atom. The molecule has 2 aromatic carbocycles. The third-order valence-electron chi connectivity index (χ3n) is 5.38. The molecule has 4 amide bonds. The molecule has 0 saturated carbocycles. The van der Waals surface area contributed by atoms with E-state index in [1.807, 2.05) is 0 Å². The van der Waals surface area contributed by atoms with Gasteiger partial charge in [-0.3, -0.25) is 25.0 Å². The lowest BCUT2D eigenvalue weighted by Crippen LogP contribution is -2.54. The first-order valence-electron chi connectivity index (χ1n) is 9.97. The summed E-state index contributed by atoms with van der Waals surface area (Å²) in [5.41, 5.74) is 2.80. The molecule has 4 rings (SSSR count). The van der Waals surface area contributed by atoms with Crippen LogP contribution in [-0.4, -0.2) is 32.5 Å². The van der Waals surface area contributed by atoms with Crippen LogP contribution < -0.4 is 10.2 Å². The molecule has 0 atom stereocenters. The minimum Gasteiger partial charge on any atom is -0.273 e. The van der Waals surface area contributed by atoms with Gasteiger partial charge in [0.1, 0.15) is 5.57 Å². The molecule has 33 heavy (non-hydrogen) atoms. The van der Waals surface area contributed by atoms with E-state index >= 15 is 0 Å². The number of carbonyl (C=O) groups excluding carboxylic acids is 3. The van der Waals surface area contributed by atoms with Crippen molar-refractivity contribution in [3.63, 3.8) is 0 Å². The standard InChI is InChI=1S/C23H19N5O5/c1-13-7-4-5-10-20(13)26-22(30)19(21(29)24-23(26)31)12-18-14(2)25-27(15(18)3)16-8-6-9-17(11-16)28(32)33/h4-12H,1-3H3,(H,24,29,31)/b19-12+. The number of imide groups is 2. The zero-order chi connectivity index (χ0) is 23.9. The van der Waals surface area contributed by atoms with Crippen LogP contribution >= 0.6 is 0 Å². The maximum Gasteiger partial charge on any atom is 0.335 e. The minimum atomic E-state index is -0.822. The third-order valence-corrected chi connectivity index (χ3v) is 5.38. The van der Waals surface area contributed by atoms with Gasteiger partial charge in [0.05, 0.1) is 22.0 Å². The summed E-state index contributed by atoms with van der Waals surface area (Å²) in [6, 6.07) is 12.0. The fourth-order valence-corrected chi connectivity index (χ4v) is 3.69. The lowest BCUT2D eigenvalue weighted by atomic mass is 10.0. The van der Waals surface area contributed by atoms with Crippen molar-refractivity contribution in [2.24, 2.45) is 0 Å². The number of rotatable bonds is 4. The largest absolute Gasteiger partial charge is 0.335 e. The first-order chi connectivity index (χ1) is 15.7. The second kappa shape index (κ2) is 8.15. The van der Waals surface area contributed by atoms with E-state index in [-0.39, 0.29) is 11.3 Å². The molecule has 1 aromatic heterocycles. The van der Waals surface area contributed by atoms with Gasteiger partial charge in [0.15, 0.2) is 0 Å². The van der Waals surface area contributed by atoms with Crippen LogP contribution in [0.2, 0.25) is 0 Å². The predicted octanol–water partition coefficient (Wildman–Crippen LogP) is 3.37. The van der Waals surface area contributed by atoms with Crippen molar-refractivity contribution in [1.82, 2.24) is 15.1 Å². The number of nitrogens with zero attached hydrogens (tertiary/aromatic N) is 4. The second-order valence-corrected chi connectivity index (χ2v) is 7.52. The number of hydrogen-bond acceptors (Lipinski definition) is 6. The molecule has 2 heterocycles. The highest BCUT2D eigenvalue weighted by Crippen LogP contribution is 2.27. The number of nitro groups is 1. The van der Waals surface area contributed by atoms with Crippen LogP contribution in [0, 0.1) is 30.9 Å². The molecule has 0 spiro atoms. The monoisotopic (exact) mass is 445 g/mol. The van der Waals surface area contributed by atoms with Crippen molar-refractivity contribution in [2.45, 2.75) is 20.8 Å². The van der Waals surface area contributed by atoms with E-state index in [4.69, 9.17) is 0 Å². The summed E-state index contributed by atoms with van der Waals surface area (Å²) >= 11 is 0. The number of nitro benzene ring substituents is 1. The van der Waals surface area contributed by atoms with Gasteiger partial charge in [-0.05, 0) is 44.5 Å². The normalized spacial score (nSPS) is 15.2. The lowest BCUT2D eigenvalue weighted by Gasteiger charge is -2.27. The number of nitrogens with one attached hydrogen (secondary N) is 1. The molecule has 1 aliphatic rings. The van der Waals surface area contributed by atoms with Crippen LogP contribution in [0.1, 0.15) is 22.5 Å². The van der Waals surface area contributed by atoms with E-state index in [9.17, 15) is 24.5 Å². The molecule has 166 valence electrons. The van der Waals surface area contributed by atoms with Crippen LogP contribution in [0.25, 0.3) is 11.8 Å².